The summed E-state index contributed by atoms with van der Waals surface area (Å²) in [6.45, 7) is 3.93. The molecular weight excluding hydrogens is 437 g/mol. The SMILES string of the molecule is CCNC(=NCc1ccccc1OC)NCCN1C(=O)CNC1=O.I. The number of rotatable bonds is 7. The van der Waals surface area contributed by atoms with Gasteiger partial charge >= 0.3 is 6.03 Å². The van der Waals surface area contributed by atoms with Crippen LogP contribution < -0.4 is 20.7 Å². The van der Waals surface area contributed by atoms with Gasteiger partial charge in [0.1, 0.15) is 5.75 Å². The first-order valence-corrected chi connectivity index (χ1v) is 7.88. The minimum absolute atomic E-state index is 0. The Labute approximate surface area is 164 Å². The number of urea groups is 1. The summed E-state index contributed by atoms with van der Waals surface area (Å²) in [6, 6.07) is 7.35. The van der Waals surface area contributed by atoms with Crippen molar-refractivity contribution in [3.05, 3.63) is 29.8 Å². The molecule has 25 heavy (non-hydrogen) atoms. The number of aliphatic imine (C=N–C) groups is 1. The zero-order valence-electron chi connectivity index (χ0n) is 14.4. The van der Waals surface area contributed by atoms with Crippen molar-refractivity contribution in [1.82, 2.24) is 20.9 Å². The Kier molecular flexibility index (Phi) is 9.03. The Morgan fingerprint density at radius 2 is 2.08 bits per heavy atom. The molecule has 0 radical (unpaired) electrons. The van der Waals surface area contributed by atoms with Crippen LogP contribution in [0.15, 0.2) is 29.3 Å². The molecule has 0 bridgehead atoms. The van der Waals surface area contributed by atoms with Crippen LogP contribution in [0.2, 0.25) is 0 Å². The van der Waals surface area contributed by atoms with Crippen LogP contribution in [0.1, 0.15) is 12.5 Å². The van der Waals surface area contributed by atoms with E-state index in [1.807, 2.05) is 31.2 Å². The molecule has 3 N–H and O–H groups in total. The van der Waals surface area contributed by atoms with Gasteiger partial charge < -0.3 is 20.7 Å². The average molecular weight is 461 g/mol. The lowest BCUT2D eigenvalue weighted by Crippen LogP contribution is -2.43. The van der Waals surface area contributed by atoms with E-state index in [0.29, 0.717) is 32.1 Å². The lowest BCUT2D eigenvalue weighted by Gasteiger charge is -2.15. The Bertz CT molecular complexity index is 608. The number of halogens is 1. The standard InChI is InChI=1S/C16H23N5O3.HI/c1-3-17-15(18-8-9-21-14(22)11-20-16(21)23)19-10-12-6-4-5-7-13(12)24-2;/h4-7H,3,8-11H2,1-2H3,(H,20,23)(H2,17,18,19);1H. The van der Waals surface area contributed by atoms with Crippen molar-refractivity contribution in [1.29, 1.82) is 0 Å². The molecule has 0 atom stereocenters. The smallest absolute Gasteiger partial charge is 0.324 e. The molecule has 8 nitrogen and oxygen atoms in total. The molecule has 1 heterocycles. The van der Waals surface area contributed by atoms with Crippen LogP contribution in [-0.2, 0) is 11.3 Å². The minimum Gasteiger partial charge on any atom is -0.496 e. The van der Waals surface area contributed by atoms with Gasteiger partial charge in [-0.15, -0.1) is 24.0 Å². The number of methoxy groups -OCH3 is 1. The van der Waals surface area contributed by atoms with Crippen molar-refractivity contribution < 1.29 is 14.3 Å². The van der Waals surface area contributed by atoms with E-state index in [4.69, 9.17) is 4.74 Å². The van der Waals surface area contributed by atoms with Crippen LogP contribution in [-0.4, -0.2) is 56.1 Å². The second-order valence-corrected chi connectivity index (χ2v) is 5.14. The van der Waals surface area contributed by atoms with E-state index in [1.165, 1.54) is 4.90 Å². The molecule has 0 saturated carbocycles. The van der Waals surface area contributed by atoms with Gasteiger partial charge in [-0.05, 0) is 13.0 Å². The molecule has 2 rings (SSSR count). The molecule has 3 amide bonds. The molecule has 0 spiro atoms. The fourth-order valence-corrected chi connectivity index (χ4v) is 2.31. The normalized spacial score (nSPS) is 14.0. The van der Waals surface area contributed by atoms with Crippen LogP contribution in [0, 0.1) is 0 Å². The highest BCUT2D eigenvalue weighted by molar-refractivity contribution is 14.0. The molecule has 1 aromatic carbocycles. The molecule has 1 aliphatic rings. The maximum atomic E-state index is 11.5. The minimum atomic E-state index is -0.349. The third-order valence-electron chi connectivity index (χ3n) is 3.51. The number of imide groups is 1. The molecule has 138 valence electrons. The second-order valence-electron chi connectivity index (χ2n) is 5.14. The first-order valence-electron chi connectivity index (χ1n) is 7.88. The lowest BCUT2D eigenvalue weighted by molar-refractivity contribution is -0.124. The monoisotopic (exact) mass is 461 g/mol. The number of para-hydroxylation sites is 1. The number of amides is 3. The quantitative estimate of drug-likeness (QED) is 0.243. The Balaban J connectivity index is 0.00000312. The summed E-state index contributed by atoms with van der Waals surface area (Å²) in [5.41, 5.74) is 0.978. The number of nitrogens with zero attached hydrogens (tertiary/aromatic N) is 2. The molecule has 0 unspecified atom stereocenters. The van der Waals surface area contributed by atoms with Gasteiger partial charge in [0.25, 0.3) is 0 Å². The fourth-order valence-electron chi connectivity index (χ4n) is 2.31. The first kappa shape index (κ1) is 21.0. The van der Waals surface area contributed by atoms with Gasteiger partial charge in [-0.25, -0.2) is 9.79 Å². The molecule has 1 aliphatic heterocycles. The third-order valence-corrected chi connectivity index (χ3v) is 3.51. The highest BCUT2D eigenvalue weighted by Crippen LogP contribution is 2.17. The number of hydrogen-bond donors (Lipinski definition) is 3. The van der Waals surface area contributed by atoms with E-state index >= 15 is 0 Å². The van der Waals surface area contributed by atoms with Gasteiger partial charge in [0.15, 0.2) is 5.96 Å². The molecule has 0 aliphatic carbocycles. The summed E-state index contributed by atoms with van der Waals surface area (Å²) in [4.78, 5) is 28.7. The van der Waals surface area contributed by atoms with E-state index in [2.05, 4.69) is 20.9 Å². The number of nitrogens with one attached hydrogen (secondary N) is 3. The molecule has 1 aromatic rings. The Morgan fingerprint density at radius 1 is 1.32 bits per heavy atom. The number of carbonyl (C=O) groups excluding carboxylic acids is 2. The molecule has 1 saturated heterocycles. The van der Waals surface area contributed by atoms with Crippen molar-refractivity contribution >= 4 is 41.9 Å². The largest absolute Gasteiger partial charge is 0.496 e. The van der Waals surface area contributed by atoms with Gasteiger partial charge in [-0.3, -0.25) is 9.69 Å². The van der Waals surface area contributed by atoms with Crippen LogP contribution in [0.25, 0.3) is 0 Å². The van der Waals surface area contributed by atoms with Gasteiger partial charge in [-0.1, -0.05) is 18.2 Å². The van der Waals surface area contributed by atoms with E-state index < -0.39 is 0 Å². The zero-order chi connectivity index (χ0) is 17.4. The summed E-state index contributed by atoms with van der Waals surface area (Å²) in [5.74, 6) is 1.20. The zero-order valence-corrected chi connectivity index (χ0v) is 16.7. The maximum Gasteiger partial charge on any atom is 0.324 e. The van der Waals surface area contributed by atoms with Crippen molar-refractivity contribution in [2.24, 2.45) is 4.99 Å². The van der Waals surface area contributed by atoms with Crippen molar-refractivity contribution in [2.75, 3.05) is 33.3 Å². The summed E-state index contributed by atoms with van der Waals surface area (Å²) in [5, 5.41) is 8.74. The highest BCUT2D eigenvalue weighted by Gasteiger charge is 2.27. The van der Waals surface area contributed by atoms with Crippen LogP contribution in [0.5, 0.6) is 5.75 Å². The molecule has 1 fully saturated rings. The summed E-state index contributed by atoms with van der Waals surface area (Å²) < 4.78 is 5.31. The van der Waals surface area contributed by atoms with E-state index in [9.17, 15) is 9.59 Å². The third kappa shape index (κ3) is 6.07. The maximum absolute atomic E-state index is 11.5. The van der Waals surface area contributed by atoms with Crippen molar-refractivity contribution in [3.8, 4) is 5.75 Å². The lowest BCUT2D eigenvalue weighted by atomic mass is 10.2. The van der Waals surface area contributed by atoms with Crippen LogP contribution >= 0.6 is 24.0 Å². The van der Waals surface area contributed by atoms with Crippen LogP contribution in [0.3, 0.4) is 0 Å². The van der Waals surface area contributed by atoms with Gasteiger partial charge in [0, 0.05) is 25.2 Å². The molecule has 0 aromatic heterocycles. The predicted octanol–water partition coefficient (Wildman–Crippen LogP) is 0.920. The van der Waals surface area contributed by atoms with Crippen molar-refractivity contribution in [2.45, 2.75) is 13.5 Å². The van der Waals surface area contributed by atoms with Gasteiger partial charge in [-0.2, -0.15) is 0 Å². The molecular formula is C16H24IN5O3. The van der Waals surface area contributed by atoms with E-state index in [-0.39, 0.29) is 42.5 Å². The average Bonchev–Trinajstić information content (AvgIpc) is 2.91. The number of hydrogen-bond acceptors (Lipinski definition) is 4. The molecule has 9 heteroatoms. The number of ether oxygens (including phenoxy) is 1. The Hall–Kier alpha value is -2.04. The first-order chi connectivity index (χ1) is 11.7. The summed E-state index contributed by atoms with van der Waals surface area (Å²) >= 11 is 0. The topological polar surface area (TPSA) is 95.1 Å². The van der Waals surface area contributed by atoms with E-state index in [0.717, 1.165) is 11.3 Å². The highest BCUT2D eigenvalue weighted by atomic mass is 127. The summed E-state index contributed by atoms with van der Waals surface area (Å²) in [7, 11) is 1.63. The number of benzene rings is 1. The second kappa shape index (κ2) is 10.7. The number of guanidine groups is 1. The van der Waals surface area contributed by atoms with E-state index in [1.54, 1.807) is 7.11 Å². The fraction of sp³-hybridized carbons (Fsp3) is 0.438. The van der Waals surface area contributed by atoms with Crippen molar-refractivity contribution in [3.63, 3.8) is 0 Å². The number of carbonyl (C=O) groups is 2. The Morgan fingerprint density at radius 3 is 2.72 bits per heavy atom. The predicted molar refractivity (Wildman–Crippen MR) is 106 cm³/mol. The summed E-state index contributed by atoms with van der Waals surface area (Å²) in [6.07, 6.45) is 0. The van der Waals surface area contributed by atoms with Gasteiger partial charge in [0.2, 0.25) is 5.91 Å². The van der Waals surface area contributed by atoms with Gasteiger partial charge in [0.05, 0.1) is 20.2 Å². The van der Waals surface area contributed by atoms with Crippen LogP contribution in [0.4, 0.5) is 4.79 Å².